The third kappa shape index (κ3) is 3.00. The van der Waals surface area contributed by atoms with Gasteiger partial charge < -0.3 is 9.47 Å². The molecular weight excluding hydrogens is 302 g/mol. The zero-order valence-corrected chi connectivity index (χ0v) is 12.5. The van der Waals surface area contributed by atoms with Crippen molar-refractivity contribution < 1.29 is 13.9 Å². The minimum Gasteiger partial charge on any atom is -0.497 e. The number of methoxy groups -OCH3 is 2. The average molecular weight is 315 g/mol. The summed E-state index contributed by atoms with van der Waals surface area (Å²) in [6.07, 6.45) is 0. The van der Waals surface area contributed by atoms with Crippen molar-refractivity contribution in [1.82, 2.24) is 0 Å². The number of benzene rings is 2. The Bertz CT molecular complexity index is 617. The lowest BCUT2D eigenvalue weighted by atomic mass is 10.0. The first kappa shape index (κ1) is 14.9. The highest BCUT2D eigenvalue weighted by molar-refractivity contribution is 6.31. The monoisotopic (exact) mass is 314 g/mol. The second-order valence-electron chi connectivity index (χ2n) is 4.14. The van der Waals surface area contributed by atoms with Crippen LogP contribution in [0, 0.1) is 5.82 Å². The van der Waals surface area contributed by atoms with E-state index in [-0.39, 0.29) is 0 Å². The summed E-state index contributed by atoms with van der Waals surface area (Å²) >= 11 is 12.3. The molecule has 0 aromatic heterocycles. The van der Waals surface area contributed by atoms with Crippen LogP contribution >= 0.6 is 23.2 Å². The van der Waals surface area contributed by atoms with Gasteiger partial charge in [0.15, 0.2) is 0 Å². The number of rotatable bonds is 4. The molecule has 1 unspecified atom stereocenters. The summed E-state index contributed by atoms with van der Waals surface area (Å²) in [7, 11) is 3.08. The molecule has 0 N–H and O–H groups in total. The maximum atomic E-state index is 13.9. The molecule has 0 spiro atoms. The van der Waals surface area contributed by atoms with Gasteiger partial charge in [-0.3, -0.25) is 0 Å². The molecule has 0 fully saturated rings. The molecule has 0 radical (unpaired) electrons. The van der Waals surface area contributed by atoms with E-state index in [9.17, 15) is 4.39 Å². The predicted molar refractivity (Wildman–Crippen MR) is 78.7 cm³/mol. The smallest absolute Gasteiger partial charge is 0.128 e. The minimum absolute atomic E-state index is 0.297. The zero-order chi connectivity index (χ0) is 14.7. The van der Waals surface area contributed by atoms with Gasteiger partial charge in [0.05, 0.1) is 19.6 Å². The van der Waals surface area contributed by atoms with Crippen LogP contribution in [0.15, 0.2) is 36.4 Å². The Morgan fingerprint density at radius 1 is 1.00 bits per heavy atom. The molecule has 0 saturated carbocycles. The lowest BCUT2D eigenvalue weighted by Crippen LogP contribution is -2.01. The quantitative estimate of drug-likeness (QED) is 0.753. The van der Waals surface area contributed by atoms with E-state index < -0.39 is 11.2 Å². The van der Waals surface area contributed by atoms with Gasteiger partial charge >= 0.3 is 0 Å². The third-order valence-electron chi connectivity index (χ3n) is 2.94. The molecule has 106 valence electrons. The predicted octanol–water partition coefficient (Wildman–Crippen LogP) is 4.82. The fourth-order valence-electron chi connectivity index (χ4n) is 1.91. The largest absolute Gasteiger partial charge is 0.497 e. The van der Waals surface area contributed by atoms with Crippen molar-refractivity contribution in [3.05, 3.63) is 58.4 Å². The van der Waals surface area contributed by atoms with Crippen LogP contribution < -0.4 is 9.47 Å². The maximum Gasteiger partial charge on any atom is 0.128 e. The molecule has 0 bridgehead atoms. The average Bonchev–Trinajstić information content (AvgIpc) is 2.48. The molecule has 0 aliphatic carbocycles. The molecule has 0 amide bonds. The second kappa shape index (κ2) is 6.33. The number of hydrogen-bond acceptors (Lipinski definition) is 2. The Morgan fingerprint density at radius 2 is 1.75 bits per heavy atom. The molecule has 2 aromatic rings. The second-order valence-corrected chi connectivity index (χ2v) is 5.01. The SMILES string of the molecule is COc1ccc(OC)c(C(Cl)c2cc(Cl)ccc2F)c1. The zero-order valence-electron chi connectivity index (χ0n) is 11.0. The highest BCUT2D eigenvalue weighted by Gasteiger charge is 2.20. The van der Waals surface area contributed by atoms with E-state index in [0.717, 1.165) is 0 Å². The lowest BCUT2D eigenvalue weighted by molar-refractivity contribution is 0.399. The van der Waals surface area contributed by atoms with Crippen LogP contribution in [0.5, 0.6) is 11.5 Å². The van der Waals surface area contributed by atoms with Gasteiger partial charge in [-0.15, -0.1) is 11.6 Å². The van der Waals surface area contributed by atoms with Crippen LogP contribution in [0.4, 0.5) is 4.39 Å². The highest BCUT2D eigenvalue weighted by atomic mass is 35.5. The van der Waals surface area contributed by atoms with Crippen LogP contribution in [0.2, 0.25) is 5.02 Å². The highest BCUT2D eigenvalue weighted by Crippen LogP contribution is 2.38. The van der Waals surface area contributed by atoms with Crippen molar-refractivity contribution in [3.63, 3.8) is 0 Å². The molecule has 0 aliphatic heterocycles. The fraction of sp³-hybridized carbons (Fsp3) is 0.200. The molecule has 5 heteroatoms. The van der Waals surface area contributed by atoms with Crippen LogP contribution in [0.25, 0.3) is 0 Å². The van der Waals surface area contributed by atoms with Gasteiger partial charge in [0, 0.05) is 16.1 Å². The lowest BCUT2D eigenvalue weighted by Gasteiger charge is -2.16. The number of ether oxygens (including phenoxy) is 2. The van der Waals surface area contributed by atoms with Gasteiger partial charge in [-0.05, 0) is 36.4 Å². The topological polar surface area (TPSA) is 18.5 Å². The summed E-state index contributed by atoms with van der Waals surface area (Å²) in [5, 5.41) is -0.298. The summed E-state index contributed by atoms with van der Waals surface area (Å²) in [5.74, 6) is 0.762. The summed E-state index contributed by atoms with van der Waals surface area (Å²) < 4.78 is 24.3. The van der Waals surface area contributed by atoms with E-state index in [1.54, 1.807) is 25.3 Å². The molecular formula is C15H13Cl2FO2. The van der Waals surface area contributed by atoms with Gasteiger partial charge in [-0.25, -0.2) is 4.39 Å². The van der Waals surface area contributed by atoms with Crippen molar-refractivity contribution in [2.45, 2.75) is 5.38 Å². The van der Waals surface area contributed by atoms with Crippen LogP contribution in [0.1, 0.15) is 16.5 Å². The van der Waals surface area contributed by atoms with E-state index in [2.05, 4.69) is 0 Å². The van der Waals surface area contributed by atoms with Crippen LogP contribution in [-0.2, 0) is 0 Å². The van der Waals surface area contributed by atoms with Crippen molar-refractivity contribution >= 4 is 23.2 Å². The number of halogens is 3. The molecule has 0 saturated heterocycles. The van der Waals surface area contributed by atoms with E-state index >= 15 is 0 Å². The van der Waals surface area contributed by atoms with Crippen molar-refractivity contribution in [3.8, 4) is 11.5 Å². The Kier molecular flexibility index (Phi) is 4.73. The van der Waals surface area contributed by atoms with Gasteiger partial charge in [0.1, 0.15) is 17.3 Å². The van der Waals surface area contributed by atoms with Gasteiger partial charge in [0.25, 0.3) is 0 Å². The van der Waals surface area contributed by atoms with Crippen molar-refractivity contribution in [2.75, 3.05) is 14.2 Å². The van der Waals surface area contributed by atoms with Crippen LogP contribution in [-0.4, -0.2) is 14.2 Å². The number of alkyl halides is 1. The molecule has 2 rings (SSSR count). The Balaban J connectivity index is 2.51. The van der Waals surface area contributed by atoms with Crippen molar-refractivity contribution in [2.24, 2.45) is 0 Å². The molecule has 20 heavy (non-hydrogen) atoms. The van der Waals surface area contributed by atoms with E-state index in [1.165, 1.54) is 25.3 Å². The first-order valence-electron chi connectivity index (χ1n) is 5.87. The Morgan fingerprint density at radius 3 is 2.40 bits per heavy atom. The summed E-state index contributed by atoms with van der Waals surface area (Å²) in [4.78, 5) is 0. The first-order valence-corrected chi connectivity index (χ1v) is 6.69. The van der Waals surface area contributed by atoms with Gasteiger partial charge in [0.2, 0.25) is 0 Å². The fourth-order valence-corrected chi connectivity index (χ4v) is 2.43. The van der Waals surface area contributed by atoms with Crippen LogP contribution in [0.3, 0.4) is 0 Å². The molecule has 0 aliphatic rings. The molecule has 0 heterocycles. The normalized spacial score (nSPS) is 12.1. The standard InChI is InChI=1S/C15H13Cl2FO2/c1-19-10-4-6-14(20-2)12(8-10)15(17)11-7-9(16)3-5-13(11)18/h3-8,15H,1-2H3. The summed E-state index contributed by atoms with van der Waals surface area (Å²) in [6, 6.07) is 9.48. The molecule has 1 atom stereocenters. The summed E-state index contributed by atoms with van der Waals surface area (Å²) in [5.41, 5.74) is 0.917. The third-order valence-corrected chi connectivity index (χ3v) is 3.65. The van der Waals surface area contributed by atoms with E-state index in [0.29, 0.717) is 27.6 Å². The Labute approximate surface area is 127 Å². The summed E-state index contributed by atoms with van der Waals surface area (Å²) in [6.45, 7) is 0. The first-order chi connectivity index (χ1) is 9.56. The van der Waals surface area contributed by atoms with Gasteiger partial charge in [-0.2, -0.15) is 0 Å². The van der Waals surface area contributed by atoms with Crippen molar-refractivity contribution in [1.29, 1.82) is 0 Å². The minimum atomic E-state index is -0.723. The van der Waals surface area contributed by atoms with Gasteiger partial charge in [-0.1, -0.05) is 11.6 Å². The van der Waals surface area contributed by atoms with E-state index in [1.807, 2.05) is 0 Å². The number of hydrogen-bond donors (Lipinski definition) is 0. The molecule has 2 nitrogen and oxygen atoms in total. The van der Waals surface area contributed by atoms with E-state index in [4.69, 9.17) is 32.7 Å². The maximum absolute atomic E-state index is 13.9. The molecule has 2 aromatic carbocycles. The Hall–Kier alpha value is -1.45.